The van der Waals surface area contributed by atoms with Crippen molar-refractivity contribution in [3.05, 3.63) is 6.92 Å². The highest BCUT2D eigenvalue weighted by Gasteiger charge is 2.18. The van der Waals surface area contributed by atoms with Gasteiger partial charge in [0.2, 0.25) is 0 Å². The molecule has 0 heterocycles. The molecule has 0 amide bonds. The fraction of sp³-hybridized carbons (Fsp3) is 0.833. The van der Waals surface area contributed by atoms with E-state index in [0.29, 0.717) is 6.42 Å². The lowest BCUT2D eigenvalue weighted by Gasteiger charge is -2.14. The summed E-state index contributed by atoms with van der Waals surface area (Å²) in [5, 5.41) is 0. The first kappa shape index (κ1) is 8.58. The number of hydrogen-bond acceptors (Lipinski definition) is 0. The molecule has 0 aromatic rings. The Labute approximate surface area is 61.2 Å². The highest BCUT2D eigenvalue weighted by Crippen LogP contribution is 2.29. The van der Waals surface area contributed by atoms with E-state index in [1.807, 2.05) is 0 Å². The highest BCUT2D eigenvalue weighted by atomic mass is 35.5. The Morgan fingerprint density at radius 2 is 2.00 bits per heavy atom. The maximum Gasteiger partial charge on any atom is 0.118 e. The predicted octanol–water partition coefficient (Wildman–Crippen LogP) is 3.18. The topological polar surface area (TPSA) is 0 Å². The van der Waals surface area contributed by atoms with Gasteiger partial charge in [0, 0.05) is 0 Å². The Kier molecular flexibility index (Phi) is 3.84. The van der Waals surface area contributed by atoms with Gasteiger partial charge in [-0.2, -0.15) is 0 Å². The second-order valence-electron chi connectivity index (χ2n) is 1.86. The Bertz CT molecular complexity index is 59.5. The first-order valence-electron chi connectivity index (χ1n) is 2.79. The van der Waals surface area contributed by atoms with Crippen LogP contribution in [0.4, 0.5) is 0 Å². The second-order valence-corrected chi connectivity index (χ2v) is 3.50. The summed E-state index contributed by atoms with van der Waals surface area (Å²) in [7, 11) is 0. The average Bonchev–Trinajstić information content (AvgIpc) is 1.67. The molecule has 49 valence electrons. The molecule has 0 aliphatic heterocycles. The molecule has 0 nitrogen and oxygen atoms in total. The Morgan fingerprint density at radius 1 is 1.50 bits per heavy atom. The van der Waals surface area contributed by atoms with Crippen LogP contribution in [0.5, 0.6) is 0 Å². The van der Waals surface area contributed by atoms with Crippen LogP contribution in [0.25, 0.3) is 0 Å². The summed E-state index contributed by atoms with van der Waals surface area (Å²) in [6.45, 7) is 5.66. The minimum absolute atomic E-state index is 0.575. The predicted molar refractivity (Wildman–Crippen MR) is 39.3 cm³/mol. The Hall–Kier alpha value is 0.580. The molecule has 0 aliphatic rings. The van der Waals surface area contributed by atoms with E-state index in [-0.39, 0.29) is 0 Å². The maximum absolute atomic E-state index is 5.72. The number of rotatable bonds is 3. The van der Waals surface area contributed by atoms with Gasteiger partial charge in [-0.1, -0.05) is 20.3 Å². The molecule has 0 N–H and O–H groups in total. The normalized spacial score (nSPS) is 12.0. The van der Waals surface area contributed by atoms with E-state index in [0.717, 1.165) is 12.8 Å². The summed E-state index contributed by atoms with van der Waals surface area (Å²) in [5.41, 5.74) is 0. The third-order valence-electron chi connectivity index (χ3n) is 0.982. The summed E-state index contributed by atoms with van der Waals surface area (Å²) in [4.78, 5) is 0. The van der Waals surface area contributed by atoms with Gasteiger partial charge in [-0.15, -0.1) is 23.2 Å². The van der Waals surface area contributed by atoms with Crippen molar-refractivity contribution in [2.24, 2.45) is 0 Å². The lowest BCUT2D eigenvalue weighted by molar-refractivity contribution is 0.682. The molecule has 0 fully saturated rings. The lowest BCUT2D eigenvalue weighted by Crippen LogP contribution is -2.09. The largest absolute Gasteiger partial charge is 0.118 e. The smallest absolute Gasteiger partial charge is 0.102 e. The van der Waals surface area contributed by atoms with Crippen molar-refractivity contribution in [2.75, 3.05) is 0 Å². The summed E-state index contributed by atoms with van der Waals surface area (Å²) in [6.07, 6.45) is 2.44. The van der Waals surface area contributed by atoms with Crippen molar-refractivity contribution in [1.82, 2.24) is 0 Å². The molecule has 0 atom stereocenters. The van der Waals surface area contributed by atoms with Crippen LogP contribution in [0.1, 0.15) is 26.2 Å². The molecule has 0 aromatic heterocycles. The van der Waals surface area contributed by atoms with E-state index in [2.05, 4.69) is 13.8 Å². The molecule has 1 radical (unpaired) electrons. The number of halogens is 2. The Morgan fingerprint density at radius 3 is 2.12 bits per heavy atom. The van der Waals surface area contributed by atoms with E-state index in [4.69, 9.17) is 23.2 Å². The van der Waals surface area contributed by atoms with Gasteiger partial charge in [-0.25, -0.2) is 0 Å². The van der Waals surface area contributed by atoms with Crippen LogP contribution >= 0.6 is 23.2 Å². The minimum Gasteiger partial charge on any atom is -0.102 e. The first-order chi connectivity index (χ1) is 3.62. The monoisotopic (exact) mass is 153 g/mol. The molecule has 0 aliphatic carbocycles. The van der Waals surface area contributed by atoms with Gasteiger partial charge in [0.25, 0.3) is 0 Å². The Balaban J connectivity index is 3.37. The molecule has 0 aromatic carbocycles. The van der Waals surface area contributed by atoms with Gasteiger partial charge in [-0.05, 0) is 12.8 Å². The summed E-state index contributed by atoms with van der Waals surface area (Å²) < 4.78 is -0.575. The van der Waals surface area contributed by atoms with Crippen LogP contribution in [0, 0.1) is 6.92 Å². The number of alkyl halides is 2. The molecule has 0 rings (SSSR count). The van der Waals surface area contributed by atoms with Crippen LogP contribution < -0.4 is 0 Å². The summed E-state index contributed by atoms with van der Waals surface area (Å²) >= 11 is 11.4. The molecule has 8 heavy (non-hydrogen) atoms. The summed E-state index contributed by atoms with van der Waals surface area (Å²) in [6, 6.07) is 0. The van der Waals surface area contributed by atoms with Crippen LogP contribution in [0.15, 0.2) is 0 Å². The third-order valence-corrected chi connectivity index (χ3v) is 1.74. The zero-order chi connectivity index (χ0) is 6.62. The zero-order valence-electron chi connectivity index (χ0n) is 5.08. The summed E-state index contributed by atoms with van der Waals surface area (Å²) in [5.74, 6) is 0. The van der Waals surface area contributed by atoms with Gasteiger partial charge >= 0.3 is 0 Å². The van der Waals surface area contributed by atoms with E-state index in [9.17, 15) is 0 Å². The fourth-order valence-corrected chi connectivity index (χ4v) is 0.869. The van der Waals surface area contributed by atoms with Crippen molar-refractivity contribution < 1.29 is 0 Å². The van der Waals surface area contributed by atoms with E-state index >= 15 is 0 Å². The molecular weight excluding hydrogens is 143 g/mol. The van der Waals surface area contributed by atoms with Crippen molar-refractivity contribution >= 4 is 23.2 Å². The molecule has 0 spiro atoms. The van der Waals surface area contributed by atoms with Gasteiger partial charge in [0.1, 0.15) is 4.33 Å². The molecule has 0 bridgehead atoms. The maximum atomic E-state index is 5.72. The molecule has 2 heteroatoms. The average molecular weight is 154 g/mol. The highest BCUT2D eigenvalue weighted by molar-refractivity contribution is 6.48. The fourth-order valence-electron chi connectivity index (χ4n) is 0.491. The molecule has 0 unspecified atom stereocenters. The van der Waals surface area contributed by atoms with Gasteiger partial charge in [0.15, 0.2) is 0 Å². The second kappa shape index (κ2) is 3.58. The first-order valence-corrected chi connectivity index (χ1v) is 3.55. The standard InChI is InChI=1S/C6H11Cl2/c1-3-5-6(7,8)4-2/h2-5H2,1H3. The van der Waals surface area contributed by atoms with Crippen LogP contribution in [0.3, 0.4) is 0 Å². The van der Waals surface area contributed by atoms with E-state index in [1.165, 1.54) is 0 Å². The van der Waals surface area contributed by atoms with Gasteiger partial charge in [0.05, 0.1) is 0 Å². The van der Waals surface area contributed by atoms with Crippen molar-refractivity contribution in [2.45, 2.75) is 30.5 Å². The SMILES string of the molecule is [CH2]CC(Cl)(Cl)CCC. The van der Waals surface area contributed by atoms with E-state index < -0.39 is 4.33 Å². The van der Waals surface area contributed by atoms with E-state index in [1.54, 1.807) is 0 Å². The molecular formula is C6H11Cl2. The van der Waals surface area contributed by atoms with Crippen molar-refractivity contribution in [1.29, 1.82) is 0 Å². The van der Waals surface area contributed by atoms with Crippen LogP contribution in [0.2, 0.25) is 0 Å². The molecule has 0 saturated heterocycles. The van der Waals surface area contributed by atoms with Gasteiger partial charge in [-0.3, -0.25) is 0 Å². The van der Waals surface area contributed by atoms with Crippen molar-refractivity contribution in [3.8, 4) is 0 Å². The number of hydrogen-bond donors (Lipinski definition) is 0. The minimum atomic E-state index is -0.575. The van der Waals surface area contributed by atoms with Crippen LogP contribution in [-0.2, 0) is 0 Å². The van der Waals surface area contributed by atoms with Crippen LogP contribution in [-0.4, -0.2) is 4.33 Å². The third kappa shape index (κ3) is 3.57. The van der Waals surface area contributed by atoms with Gasteiger partial charge < -0.3 is 0 Å². The zero-order valence-corrected chi connectivity index (χ0v) is 6.60. The molecule has 0 saturated carbocycles. The lowest BCUT2D eigenvalue weighted by atomic mass is 10.2. The quantitative estimate of drug-likeness (QED) is 0.547. The van der Waals surface area contributed by atoms with Crippen molar-refractivity contribution in [3.63, 3.8) is 0 Å².